The van der Waals surface area contributed by atoms with Crippen molar-refractivity contribution in [3.63, 3.8) is 0 Å². The minimum atomic E-state index is -1.89. The summed E-state index contributed by atoms with van der Waals surface area (Å²) in [5, 5.41) is 0. The monoisotopic (exact) mass is 218 g/mol. The van der Waals surface area contributed by atoms with Gasteiger partial charge in [-0.1, -0.05) is 20.8 Å². The third-order valence-electron chi connectivity index (χ3n) is 2.96. The Morgan fingerprint density at radius 2 is 1.71 bits per heavy atom. The molecule has 2 nitrogen and oxygen atoms in total. The van der Waals surface area contributed by atoms with Crippen molar-refractivity contribution in [2.24, 2.45) is 5.41 Å². The molecule has 1 atom stereocenters. The van der Waals surface area contributed by atoms with E-state index in [9.17, 15) is 0 Å². The van der Waals surface area contributed by atoms with E-state index >= 15 is 0 Å². The molecule has 0 aliphatic carbocycles. The summed E-state index contributed by atoms with van der Waals surface area (Å²) < 4.78 is 11.7. The molecule has 3 heteroatoms. The van der Waals surface area contributed by atoms with Crippen LogP contribution in [-0.4, -0.2) is 21.3 Å². The van der Waals surface area contributed by atoms with Crippen LogP contribution in [0.1, 0.15) is 41.0 Å². The van der Waals surface area contributed by atoms with E-state index in [1.165, 1.54) is 0 Å². The zero-order valence-electron chi connectivity index (χ0n) is 10.8. The normalized spacial score (nSPS) is 15.6. The van der Waals surface area contributed by atoms with Crippen LogP contribution in [0.3, 0.4) is 0 Å². The van der Waals surface area contributed by atoms with E-state index in [0.717, 1.165) is 13.0 Å². The highest BCUT2D eigenvalue weighted by Gasteiger charge is 2.33. The van der Waals surface area contributed by atoms with E-state index in [4.69, 9.17) is 8.85 Å². The second kappa shape index (κ2) is 5.28. The van der Waals surface area contributed by atoms with Gasteiger partial charge in [-0.15, -0.1) is 0 Å². The molecule has 14 heavy (non-hydrogen) atoms. The average Bonchev–Trinajstić information content (AvgIpc) is 2.03. The molecule has 0 radical (unpaired) electrons. The Bertz CT molecular complexity index is 167. The Morgan fingerprint density at radius 1 is 1.21 bits per heavy atom. The third-order valence-corrected chi connectivity index (χ3v) is 4.87. The quantitative estimate of drug-likeness (QED) is 0.635. The molecule has 0 saturated heterocycles. The Balaban J connectivity index is 4.23. The van der Waals surface area contributed by atoms with Crippen LogP contribution >= 0.6 is 0 Å². The molecule has 1 unspecified atom stereocenters. The van der Waals surface area contributed by atoms with Gasteiger partial charge in [-0.3, -0.25) is 0 Å². The standard InChI is InChI=1S/C11H26O2Si/c1-8-11(4,5)10(3)13-14(6,7)12-9-2/h10H,8-9H2,1-7H3. The summed E-state index contributed by atoms with van der Waals surface area (Å²) in [7, 11) is -1.89. The zero-order chi connectivity index (χ0) is 11.4. The van der Waals surface area contributed by atoms with Crippen LogP contribution in [0.4, 0.5) is 0 Å². The lowest BCUT2D eigenvalue weighted by molar-refractivity contribution is 0.0467. The van der Waals surface area contributed by atoms with Crippen molar-refractivity contribution in [3.8, 4) is 0 Å². The summed E-state index contributed by atoms with van der Waals surface area (Å²) in [6.45, 7) is 15.8. The van der Waals surface area contributed by atoms with Crippen LogP contribution < -0.4 is 0 Å². The molecule has 0 saturated carbocycles. The molecule has 0 fully saturated rings. The highest BCUT2D eigenvalue weighted by atomic mass is 28.4. The lowest BCUT2D eigenvalue weighted by Crippen LogP contribution is -2.43. The lowest BCUT2D eigenvalue weighted by Gasteiger charge is -2.36. The maximum Gasteiger partial charge on any atom is 0.331 e. The second-order valence-corrected chi connectivity index (χ2v) is 8.26. The predicted molar refractivity (Wildman–Crippen MR) is 63.7 cm³/mol. The van der Waals surface area contributed by atoms with Crippen LogP contribution in [0, 0.1) is 5.41 Å². The number of rotatable bonds is 6. The van der Waals surface area contributed by atoms with Gasteiger partial charge in [0, 0.05) is 12.7 Å². The van der Waals surface area contributed by atoms with E-state index in [1.807, 2.05) is 6.92 Å². The van der Waals surface area contributed by atoms with Crippen molar-refractivity contribution in [1.82, 2.24) is 0 Å². The smallest absolute Gasteiger partial charge is 0.331 e. The molecule has 0 aromatic carbocycles. The first kappa shape index (κ1) is 14.1. The van der Waals surface area contributed by atoms with Gasteiger partial charge in [-0.2, -0.15) is 0 Å². The van der Waals surface area contributed by atoms with Crippen LogP contribution in [-0.2, 0) is 8.85 Å². The molecule has 0 aliphatic heterocycles. The zero-order valence-corrected chi connectivity index (χ0v) is 11.8. The van der Waals surface area contributed by atoms with E-state index in [0.29, 0.717) is 0 Å². The summed E-state index contributed by atoms with van der Waals surface area (Å²) in [5.74, 6) is 0. The molecule has 0 N–H and O–H groups in total. The van der Waals surface area contributed by atoms with Crippen LogP contribution in [0.5, 0.6) is 0 Å². The maximum atomic E-state index is 6.05. The van der Waals surface area contributed by atoms with Crippen molar-refractivity contribution in [2.45, 2.75) is 60.2 Å². The molecule has 0 heterocycles. The van der Waals surface area contributed by atoms with Gasteiger partial charge in [-0.25, -0.2) is 0 Å². The van der Waals surface area contributed by atoms with Crippen molar-refractivity contribution in [1.29, 1.82) is 0 Å². The lowest BCUT2D eigenvalue weighted by atomic mass is 9.85. The Kier molecular flexibility index (Phi) is 5.34. The fourth-order valence-electron chi connectivity index (χ4n) is 1.25. The molecule has 86 valence electrons. The number of hydrogen-bond donors (Lipinski definition) is 0. The first-order valence-electron chi connectivity index (χ1n) is 5.57. The van der Waals surface area contributed by atoms with Gasteiger partial charge in [0.1, 0.15) is 0 Å². The van der Waals surface area contributed by atoms with Crippen LogP contribution in [0.25, 0.3) is 0 Å². The van der Waals surface area contributed by atoms with Gasteiger partial charge in [0.05, 0.1) is 0 Å². The Morgan fingerprint density at radius 3 is 2.07 bits per heavy atom. The molecule has 0 spiro atoms. The van der Waals surface area contributed by atoms with Gasteiger partial charge in [0.2, 0.25) is 0 Å². The van der Waals surface area contributed by atoms with Gasteiger partial charge in [-0.05, 0) is 38.8 Å². The molecule has 0 rings (SSSR count). The summed E-state index contributed by atoms with van der Waals surface area (Å²) in [6.07, 6.45) is 1.39. The van der Waals surface area contributed by atoms with E-state index in [2.05, 4.69) is 40.8 Å². The summed E-state index contributed by atoms with van der Waals surface area (Å²) in [4.78, 5) is 0. The van der Waals surface area contributed by atoms with Gasteiger partial charge in [0.15, 0.2) is 0 Å². The van der Waals surface area contributed by atoms with Gasteiger partial charge < -0.3 is 8.85 Å². The number of hydrogen-bond acceptors (Lipinski definition) is 2. The first-order chi connectivity index (χ1) is 6.25. The van der Waals surface area contributed by atoms with Crippen molar-refractivity contribution < 1.29 is 8.85 Å². The summed E-state index contributed by atoms with van der Waals surface area (Å²) in [6, 6.07) is 0. The molecule has 0 aromatic heterocycles. The van der Waals surface area contributed by atoms with E-state index in [-0.39, 0.29) is 11.5 Å². The largest absolute Gasteiger partial charge is 0.395 e. The topological polar surface area (TPSA) is 18.5 Å². The third kappa shape index (κ3) is 4.58. The van der Waals surface area contributed by atoms with Gasteiger partial charge in [0.25, 0.3) is 0 Å². The Hall–Kier alpha value is 0.137. The second-order valence-electron chi connectivity index (χ2n) is 4.94. The average molecular weight is 218 g/mol. The fourth-order valence-corrected chi connectivity index (χ4v) is 3.19. The molecule has 0 bridgehead atoms. The minimum absolute atomic E-state index is 0.237. The highest BCUT2D eigenvalue weighted by molar-refractivity contribution is 6.64. The summed E-state index contributed by atoms with van der Waals surface area (Å²) in [5.41, 5.74) is 0.237. The molecule has 0 aromatic rings. The molecule has 0 amide bonds. The highest BCUT2D eigenvalue weighted by Crippen LogP contribution is 2.29. The van der Waals surface area contributed by atoms with Crippen LogP contribution in [0.2, 0.25) is 13.1 Å². The fraction of sp³-hybridized carbons (Fsp3) is 1.00. The van der Waals surface area contributed by atoms with Crippen molar-refractivity contribution >= 4 is 8.56 Å². The van der Waals surface area contributed by atoms with Crippen molar-refractivity contribution in [3.05, 3.63) is 0 Å². The SMILES string of the molecule is CCO[Si](C)(C)OC(C)C(C)(C)CC. The maximum absolute atomic E-state index is 6.05. The molecular formula is C11H26O2Si. The predicted octanol–water partition coefficient (Wildman–Crippen LogP) is 3.57. The summed E-state index contributed by atoms with van der Waals surface area (Å²) >= 11 is 0. The molecular weight excluding hydrogens is 192 g/mol. The van der Waals surface area contributed by atoms with Crippen LogP contribution in [0.15, 0.2) is 0 Å². The van der Waals surface area contributed by atoms with E-state index < -0.39 is 8.56 Å². The molecule has 0 aliphatic rings. The minimum Gasteiger partial charge on any atom is -0.395 e. The first-order valence-corrected chi connectivity index (χ1v) is 8.38. The van der Waals surface area contributed by atoms with Crippen molar-refractivity contribution in [2.75, 3.05) is 6.61 Å². The Labute approximate surface area is 90.2 Å². The van der Waals surface area contributed by atoms with Gasteiger partial charge >= 0.3 is 8.56 Å². The van der Waals surface area contributed by atoms with E-state index in [1.54, 1.807) is 0 Å².